The molecule has 6 heteroatoms. The molecular weight excluding hydrogens is 381 g/mol. The van der Waals surface area contributed by atoms with Crippen molar-refractivity contribution in [2.24, 2.45) is 16.3 Å². The first-order chi connectivity index (χ1) is 9.31. The van der Waals surface area contributed by atoms with Gasteiger partial charge in [0.15, 0.2) is 5.96 Å². The van der Waals surface area contributed by atoms with E-state index in [0.29, 0.717) is 31.0 Å². The summed E-state index contributed by atoms with van der Waals surface area (Å²) in [5.74, 6) is 1.34. The zero-order chi connectivity index (χ0) is 15.0. The summed E-state index contributed by atoms with van der Waals surface area (Å²) in [5.41, 5.74) is -0.572. The van der Waals surface area contributed by atoms with Gasteiger partial charge in [0.2, 0.25) is 0 Å². The average Bonchev–Trinajstić information content (AvgIpc) is 2.85. The lowest BCUT2D eigenvalue weighted by molar-refractivity contribution is -0.106. The first-order valence-corrected chi connectivity index (χ1v) is 7.63. The van der Waals surface area contributed by atoms with Crippen molar-refractivity contribution in [3.8, 4) is 0 Å². The Labute approximate surface area is 145 Å². The third kappa shape index (κ3) is 3.82. The van der Waals surface area contributed by atoms with Crippen molar-refractivity contribution in [2.45, 2.75) is 58.3 Å². The lowest BCUT2D eigenvalue weighted by atomic mass is 9.57. The average molecular weight is 411 g/mol. The molecule has 0 radical (unpaired) electrons. The van der Waals surface area contributed by atoms with Crippen LogP contribution in [0, 0.1) is 11.3 Å². The van der Waals surface area contributed by atoms with E-state index >= 15 is 0 Å². The number of guanidine groups is 1. The fourth-order valence-corrected chi connectivity index (χ4v) is 3.36. The van der Waals surface area contributed by atoms with Gasteiger partial charge in [-0.05, 0) is 19.8 Å². The van der Waals surface area contributed by atoms with Gasteiger partial charge in [-0.1, -0.05) is 20.8 Å². The number of aliphatic hydroxyl groups is 1. The third-order valence-corrected chi connectivity index (χ3v) is 5.01. The zero-order valence-corrected chi connectivity index (χ0v) is 16.1. The Morgan fingerprint density at radius 2 is 2.14 bits per heavy atom. The maximum atomic E-state index is 10.1. The molecule has 1 heterocycles. The van der Waals surface area contributed by atoms with Crippen molar-refractivity contribution in [1.29, 1.82) is 0 Å². The molecule has 1 saturated carbocycles. The molecule has 0 aromatic carbocycles. The fraction of sp³-hybridized carbons (Fsp3) is 0.933. The maximum absolute atomic E-state index is 10.1. The monoisotopic (exact) mass is 411 g/mol. The summed E-state index contributed by atoms with van der Waals surface area (Å²) in [6.45, 7) is 9.67. The minimum absolute atomic E-state index is 0. The van der Waals surface area contributed by atoms with Gasteiger partial charge < -0.3 is 20.5 Å². The van der Waals surface area contributed by atoms with Crippen LogP contribution in [0.1, 0.15) is 40.5 Å². The summed E-state index contributed by atoms with van der Waals surface area (Å²) >= 11 is 0. The fourth-order valence-electron chi connectivity index (χ4n) is 3.36. The summed E-state index contributed by atoms with van der Waals surface area (Å²) in [4.78, 5) is 4.27. The molecule has 0 spiro atoms. The molecule has 124 valence electrons. The summed E-state index contributed by atoms with van der Waals surface area (Å²) in [6.07, 6.45) is 2.21. The van der Waals surface area contributed by atoms with Crippen LogP contribution in [0.4, 0.5) is 0 Å². The largest absolute Gasteiger partial charge is 0.388 e. The van der Waals surface area contributed by atoms with Gasteiger partial charge in [-0.2, -0.15) is 0 Å². The minimum Gasteiger partial charge on any atom is -0.388 e. The molecule has 2 rings (SSSR count). The van der Waals surface area contributed by atoms with E-state index in [-0.39, 0.29) is 29.4 Å². The van der Waals surface area contributed by atoms with Gasteiger partial charge in [0.1, 0.15) is 0 Å². The molecule has 1 aliphatic heterocycles. The van der Waals surface area contributed by atoms with Crippen molar-refractivity contribution in [3.63, 3.8) is 0 Å². The first-order valence-electron chi connectivity index (χ1n) is 7.63. The molecule has 0 bridgehead atoms. The third-order valence-electron chi connectivity index (χ3n) is 5.01. The van der Waals surface area contributed by atoms with E-state index in [1.54, 1.807) is 7.05 Å². The molecule has 2 aliphatic rings. The molecule has 4 atom stereocenters. The highest BCUT2D eigenvalue weighted by atomic mass is 127. The molecule has 1 aliphatic carbocycles. The smallest absolute Gasteiger partial charge is 0.191 e. The Morgan fingerprint density at radius 1 is 1.48 bits per heavy atom. The number of hydrogen-bond acceptors (Lipinski definition) is 3. The quantitative estimate of drug-likeness (QED) is 0.375. The molecule has 21 heavy (non-hydrogen) atoms. The Kier molecular flexibility index (Phi) is 6.32. The number of nitrogens with zero attached hydrogens (tertiary/aromatic N) is 1. The SMILES string of the molecule is CCC(C)(O)CNC(=NC)NC1C2CCOC2C1(C)C.I. The highest BCUT2D eigenvalue weighted by Crippen LogP contribution is 2.52. The summed E-state index contributed by atoms with van der Waals surface area (Å²) in [6, 6.07) is 0.382. The molecule has 2 fully saturated rings. The number of fused-ring (bicyclic) bond motifs is 1. The van der Waals surface area contributed by atoms with Crippen LogP contribution in [0.15, 0.2) is 4.99 Å². The molecule has 0 aromatic heterocycles. The number of hydrogen-bond donors (Lipinski definition) is 3. The van der Waals surface area contributed by atoms with Crippen LogP contribution in [0.2, 0.25) is 0 Å². The summed E-state index contributed by atoms with van der Waals surface area (Å²) in [5, 5.41) is 16.8. The Bertz CT molecular complexity index is 385. The molecular formula is C15H30IN3O2. The van der Waals surface area contributed by atoms with Crippen LogP contribution in [0.3, 0.4) is 0 Å². The van der Waals surface area contributed by atoms with Gasteiger partial charge in [0.05, 0.1) is 11.7 Å². The first kappa shape index (κ1) is 19.0. The number of nitrogens with one attached hydrogen (secondary N) is 2. The molecule has 4 unspecified atom stereocenters. The van der Waals surface area contributed by atoms with Crippen LogP contribution in [0.5, 0.6) is 0 Å². The van der Waals surface area contributed by atoms with Crippen molar-refractivity contribution < 1.29 is 9.84 Å². The Balaban J connectivity index is 0.00000220. The topological polar surface area (TPSA) is 65.9 Å². The highest BCUT2D eigenvalue weighted by Gasteiger charge is 2.59. The number of aliphatic imine (C=N–C) groups is 1. The van der Waals surface area contributed by atoms with E-state index < -0.39 is 5.60 Å². The predicted molar refractivity (Wildman–Crippen MR) is 96.2 cm³/mol. The van der Waals surface area contributed by atoms with Crippen LogP contribution in [0.25, 0.3) is 0 Å². The normalized spacial score (nSPS) is 33.2. The minimum atomic E-state index is -0.703. The lowest BCUT2D eigenvalue weighted by Crippen LogP contribution is -2.68. The summed E-state index contributed by atoms with van der Waals surface area (Å²) in [7, 11) is 1.77. The number of rotatable bonds is 4. The van der Waals surface area contributed by atoms with Crippen molar-refractivity contribution in [1.82, 2.24) is 10.6 Å². The summed E-state index contributed by atoms with van der Waals surface area (Å²) < 4.78 is 5.80. The Hall–Kier alpha value is -0.0800. The van der Waals surface area contributed by atoms with E-state index in [2.05, 4.69) is 29.5 Å². The second-order valence-electron chi connectivity index (χ2n) is 6.96. The van der Waals surface area contributed by atoms with E-state index in [9.17, 15) is 5.11 Å². The number of ether oxygens (including phenoxy) is 1. The van der Waals surface area contributed by atoms with Crippen LogP contribution in [-0.4, -0.2) is 49.0 Å². The second-order valence-corrected chi connectivity index (χ2v) is 6.96. The van der Waals surface area contributed by atoms with E-state index in [1.165, 1.54) is 0 Å². The highest BCUT2D eigenvalue weighted by molar-refractivity contribution is 14.0. The zero-order valence-electron chi connectivity index (χ0n) is 13.8. The van der Waals surface area contributed by atoms with Crippen molar-refractivity contribution >= 4 is 29.9 Å². The van der Waals surface area contributed by atoms with Gasteiger partial charge in [-0.25, -0.2) is 0 Å². The van der Waals surface area contributed by atoms with Gasteiger partial charge in [0.25, 0.3) is 0 Å². The van der Waals surface area contributed by atoms with Gasteiger partial charge >= 0.3 is 0 Å². The van der Waals surface area contributed by atoms with Crippen LogP contribution in [-0.2, 0) is 4.74 Å². The van der Waals surface area contributed by atoms with Crippen LogP contribution >= 0.6 is 24.0 Å². The van der Waals surface area contributed by atoms with Crippen LogP contribution < -0.4 is 10.6 Å². The van der Waals surface area contributed by atoms with Gasteiger partial charge in [0, 0.05) is 37.6 Å². The molecule has 0 aromatic rings. The van der Waals surface area contributed by atoms with Crippen molar-refractivity contribution in [2.75, 3.05) is 20.2 Å². The number of halogens is 1. The molecule has 0 amide bonds. The maximum Gasteiger partial charge on any atom is 0.191 e. The molecule has 5 nitrogen and oxygen atoms in total. The van der Waals surface area contributed by atoms with Crippen molar-refractivity contribution in [3.05, 3.63) is 0 Å². The predicted octanol–water partition coefficient (Wildman–Crippen LogP) is 1.74. The standard InChI is InChI=1S/C15H29N3O2.HI/c1-6-15(4,19)9-17-13(16-5)18-11-10-7-8-20-12(10)14(11,2)3;/h10-12,19H,6-9H2,1-5H3,(H2,16,17,18);1H. The Morgan fingerprint density at radius 3 is 2.71 bits per heavy atom. The van der Waals surface area contributed by atoms with Gasteiger partial charge in [-0.3, -0.25) is 4.99 Å². The lowest BCUT2D eigenvalue weighted by Gasteiger charge is -2.55. The molecule has 1 saturated heterocycles. The van der Waals surface area contributed by atoms with E-state index in [1.807, 2.05) is 13.8 Å². The van der Waals surface area contributed by atoms with E-state index in [0.717, 1.165) is 19.0 Å². The molecule has 3 N–H and O–H groups in total. The van der Waals surface area contributed by atoms with Gasteiger partial charge in [-0.15, -0.1) is 24.0 Å². The van der Waals surface area contributed by atoms with E-state index in [4.69, 9.17) is 4.74 Å². The second kappa shape index (κ2) is 7.00.